The van der Waals surface area contributed by atoms with Crippen molar-refractivity contribution in [1.82, 2.24) is 9.88 Å². The average molecular weight is 322 g/mol. The van der Waals surface area contributed by atoms with Crippen molar-refractivity contribution in [2.45, 2.75) is 26.3 Å². The molecule has 4 heteroatoms. The van der Waals surface area contributed by atoms with Crippen molar-refractivity contribution in [3.63, 3.8) is 0 Å². The Morgan fingerprint density at radius 2 is 1.96 bits per heavy atom. The van der Waals surface area contributed by atoms with Gasteiger partial charge >= 0.3 is 0 Å². The van der Waals surface area contributed by atoms with Gasteiger partial charge in [0.1, 0.15) is 5.84 Å². The molecule has 1 aromatic heterocycles. The zero-order valence-electron chi connectivity index (χ0n) is 14.4. The molecule has 1 aliphatic heterocycles. The van der Waals surface area contributed by atoms with Crippen LogP contribution >= 0.6 is 0 Å². The molecule has 4 nitrogen and oxygen atoms in total. The molecule has 0 N–H and O–H groups in total. The highest BCUT2D eigenvalue weighted by molar-refractivity contribution is 5.88. The second-order valence-corrected chi connectivity index (χ2v) is 6.19. The van der Waals surface area contributed by atoms with E-state index >= 15 is 0 Å². The Hall–Kier alpha value is -2.36. The predicted molar refractivity (Wildman–Crippen MR) is 101 cm³/mol. The Labute approximate surface area is 144 Å². The molecule has 0 unspecified atom stereocenters. The third-order valence-corrected chi connectivity index (χ3v) is 4.36. The van der Waals surface area contributed by atoms with Crippen molar-refractivity contribution in [2.75, 3.05) is 31.1 Å². The van der Waals surface area contributed by atoms with E-state index in [4.69, 9.17) is 4.99 Å². The fourth-order valence-corrected chi connectivity index (χ4v) is 3.03. The van der Waals surface area contributed by atoms with Gasteiger partial charge in [0.25, 0.3) is 0 Å². The third kappa shape index (κ3) is 4.34. The van der Waals surface area contributed by atoms with Crippen LogP contribution in [0.5, 0.6) is 0 Å². The average Bonchev–Trinajstić information content (AvgIpc) is 3.08. The van der Waals surface area contributed by atoms with Crippen LogP contribution in [-0.4, -0.2) is 41.9 Å². The quantitative estimate of drug-likeness (QED) is 0.744. The van der Waals surface area contributed by atoms with Gasteiger partial charge < -0.3 is 9.80 Å². The van der Waals surface area contributed by atoms with E-state index in [1.54, 1.807) is 0 Å². The fourth-order valence-electron chi connectivity index (χ4n) is 3.03. The van der Waals surface area contributed by atoms with Gasteiger partial charge in [0.2, 0.25) is 0 Å². The first-order chi connectivity index (χ1) is 11.9. The molecule has 126 valence electrons. The number of hydrogen-bond acceptors (Lipinski definition) is 4. The minimum atomic E-state index is 0.846. The Balaban J connectivity index is 1.75. The van der Waals surface area contributed by atoms with Crippen molar-refractivity contribution in [2.24, 2.45) is 4.99 Å². The minimum absolute atomic E-state index is 0.846. The van der Waals surface area contributed by atoms with Crippen LogP contribution in [-0.2, 0) is 6.54 Å². The van der Waals surface area contributed by atoms with Crippen molar-refractivity contribution in [3.8, 4) is 0 Å². The van der Waals surface area contributed by atoms with Crippen LogP contribution in [0.1, 0.15) is 25.3 Å². The zero-order valence-corrected chi connectivity index (χ0v) is 14.4. The van der Waals surface area contributed by atoms with E-state index in [-0.39, 0.29) is 0 Å². The number of aliphatic imine (C=N–C) groups is 1. The normalized spacial score (nSPS) is 13.9. The lowest BCUT2D eigenvalue weighted by atomic mass is 10.2. The summed E-state index contributed by atoms with van der Waals surface area (Å²) >= 11 is 0. The number of unbranched alkanes of at least 4 members (excludes halogenated alkanes) is 1. The maximum absolute atomic E-state index is 4.76. The van der Waals surface area contributed by atoms with Gasteiger partial charge in [-0.25, -0.2) is 0 Å². The largest absolute Gasteiger partial charge is 0.360 e. The van der Waals surface area contributed by atoms with Gasteiger partial charge in [0, 0.05) is 37.7 Å². The topological polar surface area (TPSA) is 31.7 Å². The van der Waals surface area contributed by atoms with Crippen LogP contribution in [0, 0.1) is 0 Å². The zero-order chi connectivity index (χ0) is 16.6. The van der Waals surface area contributed by atoms with E-state index in [2.05, 4.69) is 58.1 Å². The summed E-state index contributed by atoms with van der Waals surface area (Å²) in [5, 5.41) is 0. The number of rotatable bonds is 8. The molecule has 0 amide bonds. The van der Waals surface area contributed by atoms with Gasteiger partial charge in [0.05, 0.1) is 13.1 Å². The van der Waals surface area contributed by atoms with E-state index < -0.39 is 0 Å². The van der Waals surface area contributed by atoms with Gasteiger partial charge in [0.15, 0.2) is 0 Å². The Bertz CT molecular complexity index is 639. The van der Waals surface area contributed by atoms with Gasteiger partial charge in [-0.1, -0.05) is 37.6 Å². The van der Waals surface area contributed by atoms with Crippen LogP contribution < -0.4 is 4.90 Å². The highest BCUT2D eigenvalue weighted by Gasteiger charge is 2.19. The SMILES string of the molecule is CCCCN1CCN=C1CN(Cc1cccnc1)c1ccccc1. The van der Waals surface area contributed by atoms with Gasteiger partial charge in [-0.05, 0) is 30.2 Å². The smallest absolute Gasteiger partial charge is 0.119 e. The monoisotopic (exact) mass is 322 g/mol. The predicted octanol–water partition coefficient (Wildman–Crippen LogP) is 3.60. The molecular weight excluding hydrogens is 296 g/mol. The Morgan fingerprint density at radius 3 is 2.71 bits per heavy atom. The molecule has 1 aliphatic rings. The second-order valence-electron chi connectivity index (χ2n) is 6.19. The summed E-state index contributed by atoms with van der Waals surface area (Å²) in [5.74, 6) is 1.22. The Morgan fingerprint density at radius 1 is 1.08 bits per heavy atom. The summed E-state index contributed by atoms with van der Waals surface area (Å²) in [6.45, 7) is 7.04. The number of para-hydroxylation sites is 1. The molecule has 0 bridgehead atoms. The number of hydrogen-bond donors (Lipinski definition) is 0. The van der Waals surface area contributed by atoms with Crippen LogP contribution in [0.2, 0.25) is 0 Å². The number of aromatic nitrogens is 1. The molecule has 2 aromatic rings. The lowest BCUT2D eigenvalue weighted by molar-refractivity contribution is 0.437. The van der Waals surface area contributed by atoms with E-state index in [9.17, 15) is 0 Å². The van der Waals surface area contributed by atoms with Crippen molar-refractivity contribution in [3.05, 3.63) is 60.4 Å². The summed E-state index contributed by atoms with van der Waals surface area (Å²) in [7, 11) is 0. The molecule has 0 aliphatic carbocycles. The third-order valence-electron chi connectivity index (χ3n) is 4.36. The molecule has 0 fully saturated rings. The molecule has 2 heterocycles. The minimum Gasteiger partial charge on any atom is -0.360 e. The van der Waals surface area contributed by atoms with Crippen molar-refractivity contribution < 1.29 is 0 Å². The number of benzene rings is 1. The summed E-state index contributed by atoms with van der Waals surface area (Å²) in [6.07, 6.45) is 6.22. The number of pyridine rings is 1. The van der Waals surface area contributed by atoms with Gasteiger partial charge in [-0.15, -0.1) is 0 Å². The molecule has 24 heavy (non-hydrogen) atoms. The number of anilines is 1. The van der Waals surface area contributed by atoms with Crippen LogP contribution in [0.4, 0.5) is 5.69 Å². The van der Waals surface area contributed by atoms with Crippen LogP contribution in [0.3, 0.4) is 0 Å². The van der Waals surface area contributed by atoms with Crippen molar-refractivity contribution >= 4 is 11.5 Å². The molecular formula is C20H26N4. The van der Waals surface area contributed by atoms with Crippen molar-refractivity contribution in [1.29, 1.82) is 0 Å². The molecule has 0 saturated carbocycles. The Kier molecular flexibility index (Phi) is 5.83. The lowest BCUT2D eigenvalue weighted by Crippen LogP contribution is -2.38. The van der Waals surface area contributed by atoms with Crippen LogP contribution in [0.25, 0.3) is 0 Å². The molecule has 0 radical (unpaired) electrons. The lowest BCUT2D eigenvalue weighted by Gasteiger charge is -2.28. The highest BCUT2D eigenvalue weighted by Crippen LogP contribution is 2.18. The summed E-state index contributed by atoms with van der Waals surface area (Å²) in [4.78, 5) is 13.8. The molecule has 0 atom stereocenters. The van der Waals surface area contributed by atoms with Gasteiger partial charge in [-0.3, -0.25) is 9.98 Å². The van der Waals surface area contributed by atoms with E-state index in [0.29, 0.717) is 0 Å². The van der Waals surface area contributed by atoms with Gasteiger partial charge in [-0.2, -0.15) is 0 Å². The van der Waals surface area contributed by atoms with E-state index in [1.807, 2.05) is 18.5 Å². The standard InChI is InChI=1S/C20H26N4/c1-2-3-13-23-14-12-22-20(23)17-24(19-9-5-4-6-10-19)16-18-8-7-11-21-15-18/h4-11,15H,2-3,12-14,16-17H2,1H3. The summed E-state index contributed by atoms with van der Waals surface area (Å²) < 4.78 is 0. The molecule has 3 rings (SSSR count). The van der Waals surface area contributed by atoms with Crippen LogP contribution in [0.15, 0.2) is 59.9 Å². The first-order valence-electron chi connectivity index (χ1n) is 8.84. The molecule has 0 spiro atoms. The second kappa shape index (κ2) is 8.48. The summed E-state index contributed by atoms with van der Waals surface area (Å²) in [6, 6.07) is 14.7. The summed E-state index contributed by atoms with van der Waals surface area (Å²) in [5.41, 5.74) is 2.45. The number of nitrogens with zero attached hydrogens (tertiary/aromatic N) is 4. The fraction of sp³-hybridized carbons (Fsp3) is 0.400. The first kappa shape index (κ1) is 16.5. The van der Waals surface area contributed by atoms with E-state index in [0.717, 1.165) is 32.7 Å². The molecule has 0 saturated heterocycles. The highest BCUT2D eigenvalue weighted by atomic mass is 15.3. The first-order valence-corrected chi connectivity index (χ1v) is 8.84. The maximum atomic E-state index is 4.76. The maximum Gasteiger partial charge on any atom is 0.119 e. The molecule has 1 aromatic carbocycles. The number of amidine groups is 1. The van der Waals surface area contributed by atoms with E-state index in [1.165, 1.54) is 29.9 Å².